The van der Waals surface area contributed by atoms with E-state index >= 15 is 0 Å². The lowest BCUT2D eigenvalue weighted by Crippen LogP contribution is -2.40. The second-order valence-electron chi connectivity index (χ2n) is 10.5. The summed E-state index contributed by atoms with van der Waals surface area (Å²) in [6.45, 7) is 10.0. The molecule has 3 atom stereocenters. The van der Waals surface area contributed by atoms with Crippen molar-refractivity contribution in [1.29, 1.82) is 0 Å². The van der Waals surface area contributed by atoms with Crippen LogP contribution in [0.15, 0.2) is 9.32 Å². The number of hydrogen-bond donors (Lipinski definition) is 1. The van der Waals surface area contributed by atoms with Crippen molar-refractivity contribution in [3.05, 3.63) is 33.1 Å². The molecule has 9 nitrogen and oxygen atoms in total. The first-order chi connectivity index (χ1) is 15.5. The number of methoxy groups -OCH3 is 1. The van der Waals surface area contributed by atoms with Gasteiger partial charge in [0.15, 0.2) is 11.5 Å². The number of carbonyl (C=O) groups is 1. The molecule has 1 saturated carbocycles. The van der Waals surface area contributed by atoms with E-state index in [0.717, 1.165) is 25.7 Å². The van der Waals surface area contributed by atoms with Crippen LogP contribution in [-0.4, -0.2) is 39.7 Å². The zero-order valence-corrected chi connectivity index (χ0v) is 20.7. The lowest BCUT2D eigenvalue weighted by Gasteiger charge is -2.40. The molecule has 1 N–H and O–H groups in total. The fraction of sp³-hybridized carbons (Fsp3) is 0.708. The fourth-order valence-electron chi connectivity index (χ4n) is 4.75. The van der Waals surface area contributed by atoms with Crippen molar-refractivity contribution in [3.63, 3.8) is 0 Å². The predicted octanol–water partition coefficient (Wildman–Crippen LogP) is 4.05. The summed E-state index contributed by atoms with van der Waals surface area (Å²) >= 11 is 0. The van der Waals surface area contributed by atoms with Gasteiger partial charge in [-0.2, -0.15) is 0 Å². The van der Waals surface area contributed by atoms with Crippen LogP contribution < -0.4 is 10.9 Å². The molecule has 1 aliphatic carbocycles. The molecule has 1 amide bonds. The van der Waals surface area contributed by atoms with E-state index in [9.17, 15) is 9.59 Å². The van der Waals surface area contributed by atoms with Crippen LogP contribution in [0.1, 0.15) is 92.5 Å². The second-order valence-corrected chi connectivity index (χ2v) is 10.5. The summed E-state index contributed by atoms with van der Waals surface area (Å²) in [6.07, 6.45) is 4.18. The first-order valence-corrected chi connectivity index (χ1v) is 11.8. The number of amides is 1. The van der Waals surface area contributed by atoms with Gasteiger partial charge in [0.25, 0.3) is 11.5 Å². The fourth-order valence-corrected chi connectivity index (χ4v) is 4.75. The normalized spacial score (nSPS) is 24.0. The van der Waals surface area contributed by atoms with Gasteiger partial charge in [0.1, 0.15) is 11.8 Å². The molecule has 0 spiro atoms. The Kier molecular flexibility index (Phi) is 6.30. The highest BCUT2D eigenvalue weighted by molar-refractivity contribution is 6.04. The molecule has 3 heterocycles. The number of carbonyl (C=O) groups excluding carboxylic acids is 1. The number of nitrogens with one attached hydrogen (secondary N) is 1. The Morgan fingerprint density at radius 2 is 1.91 bits per heavy atom. The van der Waals surface area contributed by atoms with E-state index in [4.69, 9.17) is 14.0 Å². The maximum atomic E-state index is 13.1. The summed E-state index contributed by atoms with van der Waals surface area (Å²) in [6, 6.07) is 0.195. The molecular formula is C24H36N4O5. The maximum Gasteiger partial charge on any atom is 0.291 e. The van der Waals surface area contributed by atoms with Crippen LogP contribution in [0, 0.1) is 19.3 Å². The van der Waals surface area contributed by atoms with E-state index in [1.54, 1.807) is 18.7 Å². The van der Waals surface area contributed by atoms with Crippen LogP contribution in [0.2, 0.25) is 0 Å². The van der Waals surface area contributed by atoms with Gasteiger partial charge in [-0.1, -0.05) is 25.9 Å². The van der Waals surface area contributed by atoms with Crippen molar-refractivity contribution in [3.8, 4) is 0 Å². The number of ether oxygens (including phenoxy) is 2. The third-order valence-corrected chi connectivity index (χ3v) is 7.30. The van der Waals surface area contributed by atoms with Gasteiger partial charge in [-0.3, -0.25) is 14.3 Å². The zero-order chi connectivity index (χ0) is 24.1. The monoisotopic (exact) mass is 460 g/mol. The number of hydrogen-bond acceptors (Lipinski definition) is 6. The number of nitrogens with zero attached hydrogens (tertiary/aromatic N) is 3. The predicted molar refractivity (Wildman–Crippen MR) is 124 cm³/mol. The van der Waals surface area contributed by atoms with Gasteiger partial charge >= 0.3 is 0 Å². The number of aromatic nitrogens is 3. The van der Waals surface area contributed by atoms with Gasteiger partial charge in [0.05, 0.1) is 23.9 Å². The van der Waals surface area contributed by atoms with Crippen LogP contribution in [0.25, 0.3) is 0 Å². The Labute approximate surface area is 194 Å². The molecule has 2 aromatic heterocycles. The SMILES string of the molecule is CO[C@H]1C[C@@H](C(C)(C)C)O[C@@H](c2onc(C(=O)Nc3c(C)n(C)n(C4CCC4)c3=O)c2C)C1. The van der Waals surface area contributed by atoms with Gasteiger partial charge < -0.3 is 19.3 Å². The van der Waals surface area contributed by atoms with Crippen molar-refractivity contribution >= 4 is 11.6 Å². The molecule has 9 heteroatoms. The van der Waals surface area contributed by atoms with Crippen molar-refractivity contribution in [2.24, 2.45) is 12.5 Å². The van der Waals surface area contributed by atoms with E-state index < -0.39 is 5.91 Å². The average Bonchev–Trinajstić information content (AvgIpc) is 3.20. The lowest BCUT2D eigenvalue weighted by molar-refractivity contribution is -0.150. The van der Waals surface area contributed by atoms with Crippen LogP contribution >= 0.6 is 0 Å². The third-order valence-electron chi connectivity index (χ3n) is 7.30. The largest absolute Gasteiger partial charge is 0.381 e. The Morgan fingerprint density at radius 3 is 2.48 bits per heavy atom. The Hall–Kier alpha value is -2.39. The van der Waals surface area contributed by atoms with Crippen molar-refractivity contribution in [2.75, 3.05) is 12.4 Å². The van der Waals surface area contributed by atoms with Crippen LogP contribution in [0.4, 0.5) is 5.69 Å². The van der Waals surface area contributed by atoms with Crippen molar-refractivity contribution in [2.45, 2.75) is 91.1 Å². The molecule has 2 aromatic rings. The molecule has 0 unspecified atom stereocenters. The average molecular weight is 461 g/mol. The zero-order valence-electron chi connectivity index (χ0n) is 20.7. The van der Waals surface area contributed by atoms with Crippen molar-refractivity contribution < 1.29 is 18.8 Å². The summed E-state index contributed by atoms with van der Waals surface area (Å²) in [5.74, 6) is 0.0772. The minimum absolute atomic E-state index is 0.0140. The van der Waals surface area contributed by atoms with Crippen LogP contribution in [0.3, 0.4) is 0 Å². The van der Waals surface area contributed by atoms with Gasteiger partial charge in [-0.25, -0.2) is 4.68 Å². The maximum absolute atomic E-state index is 13.1. The van der Waals surface area contributed by atoms with Crippen LogP contribution in [-0.2, 0) is 16.5 Å². The molecule has 0 radical (unpaired) electrons. The first-order valence-electron chi connectivity index (χ1n) is 11.8. The molecule has 1 aliphatic heterocycles. The summed E-state index contributed by atoms with van der Waals surface area (Å²) in [4.78, 5) is 26.1. The molecule has 4 rings (SSSR count). The highest BCUT2D eigenvalue weighted by Crippen LogP contribution is 2.40. The van der Waals surface area contributed by atoms with E-state index in [2.05, 4.69) is 31.2 Å². The number of anilines is 1. The molecule has 182 valence electrons. The van der Waals surface area contributed by atoms with E-state index in [-0.39, 0.29) is 41.0 Å². The summed E-state index contributed by atoms with van der Waals surface area (Å²) in [5.41, 5.74) is 1.55. The minimum atomic E-state index is -0.458. The summed E-state index contributed by atoms with van der Waals surface area (Å²) in [5, 5.41) is 6.84. The molecular weight excluding hydrogens is 424 g/mol. The topological polar surface area (TPSA) is 101 Å². The molecule has 33 heavy (non-hydrogen) atoms. The molecule has 2 aliphatic rings. The van der Waals surface area contributed by atoms with E-state index in [1.165, 1.54) is 0 Å². The molecule has 2 fully saturated rings. The highest BCUT2D eigenvalue weighted by Gasteiger charge is 2.39. The van der Waals surface area contributed by atoms with Gasteiger partial charge in [-0.05, 0) is 38.5 Å². The van der Waals surface area contributed by atoms with Crippen molar-refractivity contribution in [1.82, 2.24) is 14.5 Å². The highest BCUT2D eigenvalue weighted by atomic mass is 16.5. The number of rotatable bonds is 5. The minimum Gasteiger partial charge on any atom is -0.381 e. The Morgan fingerprint density at radius 1 is 1.21 bits per heavy atom. The smallest absolute Gasteiger partial charge is 0.291 e. The molecule has 1 saturated heterocycles. The van der Waals surface area contributed by atoms with Gasteiger partial charge in [0, 0.05) is 32.6 Å². The third kappa shape index (κ3) is 4.28. The van der Waals surface area contributed by atoms with Gasteiger partial charge in [-0.15, -0.1) is 0 Å². The Bertz CT molecular complexity index is 1090. The van der Waals surface area contributed by atoms with Crippen LogP contribution in [0.5, 0.6) is 0 Å². The standard InChI is InChI=1S/C24H36N4O5/c1-13-19(22(29)25-20-14(2)27(6)28(23(20)30)15-9-8-10-15)26-33-21(13)17-11-16(31-7)12-18(32-17)24(3,4)5/h15-18H,8-12H2,1-7H3,(H,25,29)/t16-,17-,18+/m1/s1. The second kappa shape index (κ2) is 8.76. The molecule has 0 bridgehead atoms. The van der Waals surface area contributed by atoms with E-state index in [1.807, 2.05) is 18.7 Å². The Balaban J connectivity index is 1.57. The lowest BCUT2D eigenvalue weighted by atomic mass is 9.82. The summed E-state index contributed by atoms with van der Waals surface area (Å²) < 4.78 is 21.2. The van der Waals surface area contributed by atoms with Gasteiger partial charge in [0.2, 0.25) is 0 Å². The quantitative estimate of drug-likeness (QED) is 0.722. The first kappa shape index (κ1) is 23.8. The summed E-state index contributed by atoms with van der Waals surface area (Å²) in [7, 11) is 3.56. The molecule has 0 aromatic carbocycles. The van der Waals surface area contributed by atoms with E-state index in [0.29, 0.717) is 29.1 Å².